The van der Waals surface area contributed by atoms with E-state index in [-0.39, 0.29) is 17.8 Å². The van der Waals surface area contributed by atoms with E-state index in [1.807, 2.05) is 6.08 Å². The van der Waals surface area contributed by atoms with Crippen LogP contribution in [0, 0.1) is 57.2 Å². The Hall–Kier alpha value is -1.60. The Kier molecular flexibility index (Phi) is 4.97. The highest BCUT2D eigenvalue weighted by atomic mass is 16.5. The van der Waals surface area contributed by atoms with Crippen LogP contribution in [0.4, 0.5) is 0 Å². The molecule has 29 heavy (non-hydrogen) atoms. The average molecular weight is 398 g/mol. The van der Waals surface area contributed by atoms with Crippen LogP contribution >= 0.6 is 0 Å². The Morgan fingerprint density at radius 2 is 2.14 bits per heavy atom. The molecule has 4 rings (SSSR count). The lowest BCUT2D eigenvalue weighted by atomic mass is 9.43. The van der Waals surface area contributed by atoms with E-state index < -0.39 is 22.2 Å². The summed E-state index contributed by atoms with van der Waals surface area (Å²) in [5.74, 6) is 0.645. The van der Waals surface area contributed by atoms with Crippen molar-refractivity contribution in [2.75, 3.05) is 13.2 Å². The number of allylic oxidation sites excluding steroid dienone is 2. The van der Waals surface area contributed by atoms with Gasteiger partial charge < -0.3 is 9.84 Å². The van der Waals surface area contributed by atoms with Crippen LogP contribution in [0.25, 0.3) is 0 Å². The Morgan fingerprint density at radius 3 is 2.76 bits per heavy atom. The molecule has 0 saturated heterocycles. The molecule has 0 radical (unpaired) electrons. The van der Waals surface area contributed by atoms with E-state index in [0.717, 1.165) is 31.3 Å². The number of hydrogen-bond donors (Lipinski definition) is 1. The normalized spacial score (nSPS) is 44.9. The van der Waals surface area contributed by atoms with E-state index in [0.29, 0.717) is 31.5 Å². The largest absolute Gasteiger partial charge is 0.481 e. The van der Waals surface area contributed by atoms with E-state index in [2.05, 4.69) is 45.9 Å². The molecule has 1 N–H and O–H groups in total. The highest BCUT2D eigenvalue weighted by Crippen LogP contribution is 2.83. The molecule has 0 aromatic rings. The SMILES string of the molecule is CCC=CCOCC12CC3C(C)CCC3C3(C#N)CC1C=C(C(C)C)C32C(=O)O. The highest BCUT2D eigenvalue weighted by Gasteiger charge is 2.84. The van der Waals surface area contributed by atoms with Gasteiger partial charge in [-0.25, -0.2) is 0 Å². The maximum Gasteiger partial charge on any atom is 0.316 e. The van der Waals surface area contributed by atoms with Gasteiger partial charge in [0, 0.05) is 5.41 Å². The van der Waals surface area contributed by atoms with E-state index in [9.17, 15) is 15.2 Å². The molecule has 4 heteroatoms. The minimum Gasteiger partial charge on any atom is -0.481 e. The number of hydrogen-bond acceptors (Lipinski definition) is 3. The van der Waals surface area contributed by atoms with Gasteiger partial charge in [0.25, 0.3) is 0 Å². The van der Waals surface area contributed by atoms with Crippen molar-refractivity contribution in [3.05, 3.63) is 23.8 Å². The first-order chi connectivity index (χ1) is 13.8. The van der Waals surface area contributed by atoms with E-state index in [4.69, 9.17) is 4.74 Å². The summed E-state index contributed by atoms with van der Waals surface area (Å²) in [6.45, 7) is 9.51. The molecule has 0 aliphatic heterocycles. The van der Waals surface area contributed by atoms with Gasteiger partial charge in [-0.1, -0.05) is 57.9 Å². The van der Waals surface area contributed by atoms with E-state index in [1.54, 1.807) is 0 Å². The molecule has 4 bridgehead atoms. The van der Waals surface area contributed by atoms with Gasteiger partial charge in [0.2, 0.25) is 0 Å². The molecule has 0 spiro atoms. The molecule has 7 atom stereocenters. The predicted octanol–water partition coefficient (Wildman–Crippen LogP) is 5.22. The monoisotopic (exact) mass is 397 g/mol. The predicted molar refractivity (Wildman–Crippen MR) is 112 cm³/mol. The zero-order chi connectivity index (χ0) is 21.0. The minimum absolute atomic E-state index is 0.124. The Morgan fingerprint density at radius 1 is 1.38 bits per heavy atom. The molecule has 3 saturated carbocycles. The Balaban J connectivity index is 1.85. The molecule has 4 aliphatic rings. The lowest BCUT2D eigenvalue weighted by molar-refractivity contribution is -0.178. The first-order valence-corrected chi connectivity index (χ1v) is 11.4. The van der Waals surface area contributed by atoms with Crippen LogP contribution in [0.5, 0.6) is 0 Å². The third kappa shape index (κ3) is 2.31. The van der Waals surface area contributed by atoms with Crippen molar-refractivity contribution in [2.24, 2.45) is 45.8 Å². The lowest BCUT2D eigenvalue weighted by Crippen LogP contribution is -2.62. The zero-order valence-corrected chi connectivity index (χ0v) is 18.3. The number of aliphatic carboxylic acids is 1. The molecule has 0 amide bonds. The number of carboxylic acid groups (broad SMARTS) is 1. The molecule has 3 fully saturated rings. The molecular formula is C25H35NO3. The van der Waals surface area contributed by atoms with Crippen molar-refractivity contribution >= 4 is 5.97 Å². The topological polar surface area (TPSA) is 70.3 Å². The Bertz CT molecular complexity index is 792. The molecule has 0 aromatic carbocycles. The first-order valence-electron chi connectivity index (χ1n) is 11.4. The van der Waals surface area contributed by atoms with Crippen LogP contribution in [0.1, 0.15) is 59.8 Å². The van der Waals surface area contributed by atoms with Crippen LogP contribution in [0.15, 0.2) is 23.8 Å². The summed E-state index contributed by atoms with van der Waals surface area (Å²) >= 11 is 0. The maximum atomic E-state index is 13.2. The molecule has 4 aliphatic carbocycles. The number of fused-ring (bicyclic) bond motifs is 2. The van der Waals surface area contributed by atoms with Gasteiger partial charge in [0.05, 0.1) is 24.7 Å². The summed E-state index contributed by atoms with van der Waals surface area (Å²) in [5.41, 5.74) is -1.40. The summed E-state index contributed by atoms with van der Waals surface area (Å²) in [5, 5.41) is 21.4. The third-order valence-electron chi connectivity index (χ3n) is 9.01. The molecule has 7 unspecified atom stereocenters. The van der Waals surface area contributed by atoms with Gasteiger partial charge >= 0.3 is 5.97 Å². The van der Waals surface area contributed by atoms with Gasteiger partial charge in [-0.15, -0.1) is 0 Å². The van der Waals surface area contributed by atoms with Crippen molar-refractivity contribution in [1.82, 2.24) is 0 Å². The highest BCUT2D eigenvalue weighted by molar-refractivity contribution is 5.85. The zero-order valence-electron chi connectivity index (χ0n) is 18.3. The van der Waals surface area contributed by atoms with Crippen LogP contribution in [-0.2, 0) is 9.53 Å². The van der Waals surface area contributed by atoms with Gasteiger partial charge in [-0.3, -0.25) is 4.79 Å². The molecule has 0 heterocycles. The summed E-state index contributed by atoms with van der Waals surface area (Å²) in [7, 11) is 0. The van der Waals surface area contributed by atoms with Crippen LogP contribution in [0.3, 0.4) is 0 Å². The number of nitrogens with zero attached hydrogens (tertiary/aromatic N) is 1. The number of nitriles is 1. The van der Waals surface area contributed by atoms with E-state index in [1.165, 1.54) is 0 Å². The van der Waals surface area contributed by atoms with Crippen molar-refractivity contribution < 1.29 is 14.6 Å². The molecule has 4 nitrogen and oxygen atoms in total. The fourth-order valence-corrected chi connectivity index (χ4v) is 8.08. The smallest absolute Gasteiger partial charge is 0.316 e. The second kappa shape index (κ2) is 6.98. The average Bonchev–Trinajstić information content (AvgIpc) is 3.25. The first kappa shape index (κ1) is 20.7. The van der Waals surface area contributed by atoms with Crippen molar-refractivity contribution in [1.29, 1.82) is 5.26 Å². The number of ether oxygens (including phenoxy) is 1. The number of rotatable bonds is 7. The second-order valence-corrected chi connectivity index (χ2v) is 10.3. The van der Waals surface area contributed by atoms with Crippen LogP contribution in [-0.4, -0.2) is 24.3 Å². The molecular weight excluding hydrogens is 362 g/mol. The summed E-state index contributed by atoms with van der Waals surface area (Å²) in [6, 6.07) is 2.68. The quantitative estimate of drug-likeness (QED) is 0.472. The standard InChI is InChI=1S/C25H35NO3/c1-5-6-7-10-29-15-24-13-19-17(4)8-9-20(19)23(14-26)12-18(24)11-21(16(2)3)25(23,24)22(27)28/h6-7,11,16-20H,5,8-10,12-13,15H2,1-4H3,(H,27,28). The Labute approximate surface area is 175 Å². The van der Waals surface area contributed by atoms with Gasteiger partial charge in [0.1, 0.15) is 5.41 Å². The minimum atomic E-state index is -1.10. The third-order valence-corrected chi connectivity index (χ3v) is 9.01. The molecule has 158 valence electrons. The fourth-order valence-electron chi connectivity index (χ4n) is 8.08. The summed E-state index contributed by atoms with van der Waals surface area (Å²) in [4.78, 5) is 13.2. The second-order valence-electron chi connectivity index (χ2n) is 10.3. The van der Waals surface area contributed by atoms with Gasteiger partial charge in [-0.2, -0.15) is 5.26 Å². The molecule has 0 aromatic heterocycles. The number of carbonyl (C=O) groups is 1. The number of carboxylic acids is 1. The van der Waals surface area contributed by atoms with Crippen LogP contribution in [0.2, 0.25) is 0 Å². The summed E-state index contributed by atoms with van der Waals surface area (Å²) < 4.78 is 6.16. The van der Waals surface area contributed by atoms with Gasteiger partial charge in [0.15, 0.2) is 0 Å². The summed E-state index contributed by atoms with van der Waals surface area (Å²) in [6.07, 6.45) is 11.0. The fraction of sp³-hybridized carbons (Fsp3) is 0.760. The van der Waals surface area contributed by atoms with Gasteiger partial charge in [-0.05, 0) is 55.3 Å². The van der Waals surface area contributed by atoms with Crippen molar-refractivity contribution in [3.63, 3.8) is 0 Å². The lowest BCUT2D eigenvalue weighted by Gasteiger charge is -2.57. The van der Waals surface area contributed by atoms with Crippen LogP contribution < -0.4 is 0 Å². The van der Waals surface area contributed by atoms with Crippen molar-refractivity contribution in [3.8, 4) is 6.07 Å². The van der Waals surface area contributed by atoms with Crippen molar-refractivity contribution in [2.45, 2.75) is 59.8 Å². The van der Waals surface area contributed by atoms with E-state index >= 15 is 0 Å². The maximum absolute atomic E-state index is 13.2.